The van der Waals surface area contributed by atoms with Crippen LogP contribution < -0.4 is 10.2 Å². The molecule has 1 aliphatic heterocycles. The molecule has 6 heteroatoms. The van der Waals surface area contributed by atoms with Crippen LogP contribution in [0, 0.1) is 11.7 Å². The first-order valence-corrected chi connectivity index (χ1v) is 8.37. The normalized spacial score (nSPS) is 15.4. The zero-order valence-corrected chi connectivity index (χ0v) is 14.2. The predicted octanol–water partition coefficient (Wildman–Crippen LogP) is 4.36. The first-order valence-electron chi connectivity index (χ1n) is 7.99. The van der Waals surface area contributed by atoms with Crippen LogP contribution in [0.1, 0.15) is 30.1 Å². The van der Waals surface area contributed by atoms with Crippen LogP contribution in [0.25, 0.3) is 0 Å². The number of carbonyl (C=O) groups excluding carboxylic acids is 1. The molecule has 2 heterocycles. The van der Waals surface area contributed by atoms with E-state index in [1.54, 1.807) is 6.20 Å². The van der Waals surface area contributed by atoms with Crippen LogP contribution in [-0.4, -0.2) is 24.0 Å². The Morgan fingerprint density at radius 1 is 1.29 bits per heavy atom. The monoisotopic (exact) mass is 347 g/mol. The largest absolute Gasteiger partial charge is 0.370 e. The maximum atomic E-state index is 13.2. The van der Waals surface area contributed by atoms with Gasteiger partial charge in [0.25, 0.3) is 5.91 Å². The van der Waals surface area contributed by atoms with Crippen molar-refractivity contribution in [2.45, 2.75) is 19.8 Å². The summed E-state index contributed by atoms with van der Waals surface area (Å²) in [4.78, 5) is 18.8. The van der Waals surface area contributed by atoms with Crippen molar-refractivity contribution in [1.29, 1.82) is 0 Å². The van der Waals surface area contributed by atoms with Crippen molar-refractivity contribution in [3.05, 3.63) is 53.1 Å². The molecule has 0 unspecified atom stereocenters. The quantitative estimate of drug-likeness (QED) is 0.897. The van der Waals surface area contributed by atoms with E-state index in [1.165, 1.54) is 24.4 Å². The van der Waals surface area contributed by atoms with Gasteiger partial charge in [-0.25, -0.2) is 4.39 Å². The molecule has 1 N–H and O–H groups in total. The number of anilines is 2. The lowest BCUT2D eigenvalue weighted by Gasteiger charge is -2.32. The summed E-state index contributed by atoms with van der Waals surface area (Å²) in [5.41, 5.74) is 1.86. The Morgan fingerprint density at radius 2 is 2.04 bits per heavy atom. The molecule has 0 saturated carbocycles. The molecule has 0 radical (unpaired) electrons. The van der Waals surface area contributed by atoms with E-state index in [-0.39, 0.29) is 10.9 Å². The molecule has 0 atom stereocenters. The van der Waals surface area contributed by atoms with E-state index in [4.69, 9.17) is 11.6 Å². The van der Waals surface area contributed by atoms with Crippen LogP contribution in [0.3, 0.4) is 0 Å². The lowest BCUT2D eigenvalue weighted by Crippen LogP contribution is -2.33. The number of rotatable bonds is 3. The van der Waals surface area contributed by atoms with E-state index in [0.29, 0.717) is 11.3 Å². The summed E-state index contributed by atoms with van der Waals surface area (Å²) in [6, 6.07) is 5.92. The van der Waals surface area contributed by atoms with Crippen molar-refractivity contribution in [3.8, 4) is 0 Å². The summed E-state index contributed by atoms with van der Waals surface area (Å²) < 4.78 is 13.2. The van der Waals surface area contributed by atoms with E-state index < -0.39 is 5.82 Å². The zero-order valence-electron chi connectivity index (χ0n) is 13.4. The van der Waals surface area contributed by atoms with E-state index >= 15 is 0 Å². The Kier molecular flexibility index (Phi) is 5.00. The highest BCUT2D eigenvalue weighted by Crippen LogP contribution is 2.24. The first-order chi connectivity index (χ1) is 11.5. The van der Waals surface area contributed by atoms with Crippen LogP contribution in [-0.2, 0) is 0 Å². The van der Waals surface area contributed by atoms with E-state index in [2.05, 4.69) is 22.1 Å². The van der Waals surface area contributed by atoms with Gasteiger partial charge >= 0.3 is 0 Å². The molecule has 1 aromatic heterocycles. The van der Waals surface area contributed by atoms with Crippen LogP contribution in [0.2, 0.25) is 5.02 Å². The van der Waals surface area contributed by atoms with Crippen LogP contribution in [0.5, 0.6) is 0 Å². The second-order valence-corrected chi connectivity index (χ2v) is 6.59. The number of amides is 1. The average Bonchev–Trinajstić information content (AvgIpc) is 2.59. The molecule has 3 rings (SSSR count). The Hall–Kier alpha value is -2.14. The summed E-state index contributed by atoms with van der Waals surface area (Å²) in [5, 5.41) is 2.69. The standard InChI is InChI=1S/C18H19ClFN3O/c1-12-4-6-23(7-5-12)15-8-13(10-21-11-15)18(24)22-14-2-3-17(20)16(19)9-14/h2-3,8-12H,4-7H2,1H3,(H,22,24). The number of pyridine rings is 1. The smallest absolute Gasteiger partial charge is 0.257 e. The van der Waals surface area contributed by atoms with Gasteiger partial charge in [0, 0.05) is 25.0 Å². The van der Waals surface area contributed by atoms with Gasteiger partial charge in [0.05, 0.1) is 22.5 Å². The fourth-order valence-corrected chi connectivity index (χ4v) is 2.95. The molecule has 1 fully saturated rings. The molecule has 2 aromatic rings. The number of hydrogen-bond acceptors (Lipinski definition) is 3. The molecule has 1 aliphatic rings. The fourth-order valence-electron chi connectivity index (χ4n) is 2.77. The molecule has 0 bridgehead atoms. The van der Waals surface area contributed by atoms with Gasteiger partial charge in [0.1, 0.15) is 5.82 Å². The Balaban J connectivity index is 1.73. The molecule has 1 aromatic carbocycles. The van der Waals surface area contributed by atoms with Crippen LogP contribution in [0.15, 0.2) is 36.7 Å². The van der Waals surface area contributed by atoms with Gasteiger partial charge in [-0.3, -0.25) is 9.78 Å². The Bertz CT molecular complexity index is 745. The summed E-state index contributed by atoms with van der Waals surface area (Å²) >= 11 is 5.74. The third-order valence-electron chi connectivity index (χ3n) is 4.31. The minimum Gasteiger partial charge on any atom is -0.370 e. The van der Waals surface area contributed by atoms with Gasteiger partial charge in [0.2, 0.25) is 0 Å². The van der Waals surface area contributed by atoms with Crippen molar-refractivity contribution < 1.29 is 9.18 Å². The van der Waals surface area contributed by atoms with Gasteiger partial charge in [-0.1, -0.05) is 18.5 Å². The SMILES string of the molecule is CC1CCN(c2cncc(C(=O)Nc3ccc(F)c(Cl)c3)c2)CC1. The molecule has 24 heavy (non-hydrogen) atoms. The molecule has 0 aliphatic carbocycles. The molecule has 126 valence electrons. The van der Waals surface area contributed by atoms with Crippen molar-refractivity contribution in [3.63, 3.8) is 0 Å². The van der Waals surface area contributed by atoms with Gasteiger partial charge < -0.3 is 10.2 Å². The maximum Gasteiger partial charge on any atom is 0.257 e. The fraction of sp³-hybridized carbons (Fsp3) is 0.333. The Morgan fingerprint density at radius 3 is 2.75 bits per heavy atom. The van der Waals surface area contributed by atoms with E-state index in [1.807, 2.05) is 6.07 Å². The average molecular weight is 348 g/mol. The summed E-state index contributed by atoms with van der Waals surface area (Å²) in [7, 11) is 0. The van der Waals surface area contributed by atoms with Crippen molar-refractivity contribution >= 4 is 28.9 Å². The predicted molar refractivity (Wildman–Crippen MR) is 94.2 cm³/mol. The topological polar surface area (TPSA) is 45.2 Å². The zero-order chi connectivity index (χ0) is 17.1. The van der Waals surface area contributed by atoms with E-state index in [9.17, 15) is 9.18 Å². The van der Waals surface area contributed by atoms with Crippen molar-refractivity contribution in [1.82, 2.24) is 4.98 Å². The second-order valence-electron chi connectivity index (χ2n) is 6.18. The highest BCUT2D eigenvalue weighted by molar-refractivity contribution is 6.31. The number of nitrogens with zero attached hydrogens (tertiary/aromatic N) is 2. The number of piperidine rings is 1. The molecule has 0 spiro atoms. The number of hydrogen-bond donors (Lipinski definition) is 1. The Labute approximate surface area is 145 Å². The lowest BCUT2D eigenvalue weighted by atomic mass is 9.99. The second kappa shape index (κ2) is 7.18. The number of nitrogens with one attached hydrogen (secondary N) is 1. The molecule has 4 nitrogen and oxygen atoms in total. The third-order valence-corrected chi connectivity index (χ3v) is 4.60. The molecule has 1 amide bonds. The van der Waals surface area contributed by atoms with E-state index in [0.717, 1.165) is 37.5 Å². The van der Waals surface area contributed by atoms with Crippen molar-refractivity contribution in [2.24, 2.45) is 5.92 Å². The van der Waals surface area contributed by atoms with Crippen molar-refractivity contribution in [2.75, 3.05) is 23.3 Å². The highest BCUT2D eigenvalue weighted by atomic mass is 35.5. The van der Waals surface area contributed by atoms with Gasteiger partial charge in [-0.05, 0) is 43.0 Å². The molecule has 1 saturated heterocycles. The highest BCUT2D eigenvalue weighted by Gasteiger charge is 2.17. The minimum absolute atomic E-state index is 0.0258. The van der Waals surface area contributed by atoms with Gasteiger partial charge in [-0.2, -0.15) is 0 Å². The molecular weight excluding hydrogens is 329 g/mol. The van der Waals surface area contributed by atoms with Gasteiger partial charge in [-0.15, -0.1) is 0 Å². The van der Waals surface area contributed by atoms with Crippen LogP contribution in [0.4, 0.5) is 15.8 Å². The molecular formula is C18H19ClFN3O. The lowest BCUT2D eigenvalue weighted by molar-refractivity contribution is 0.102. The number of halogens is 2. The number of carbonyl (C=O) groups is 1. The number of aromatic nitrogens is 1. The van der Waals surface area contributed by atoms with Gasteiger partial charge in [0.15, 0.2) is 0 Å². The number of benzene rings is 1. The maximum absolute atomic E-state index is 13.2. The summed E-state index contributed by atoms with van der Waals surface area (Å²) in [5.74, 6) is -0.0704. The first kappa shape index (κ1) is 16.7. The van der Waals surface area contributed by atoms with Crippen LogP contribution >= 0.6 is 11.6 Å². The summed E-state index contributed by atoms with van der Waals surface area (Å²) in [6.45, 7) is 4.20. The summed E-state index contributed by atoms with van der Waals surface area (Å²) in [6.07, 6.45) is 5.59. The third kappa shape index (κ3) is 3.85. The minimum atomic E-state index is -0.516.